The molecule has 0 saturated heterocycles. The number of hydrogen-bond acceptors (Lipinski definition) is 3. The van der Waals surface area contributed by atoms with E-state index in [1.165, 1.54) is 12.1 Å². The Morgan fingerprint density at radius 2 is 2.14 bits per heavy atom. The van der Waals surface area contributed by atoms with Crippen molar-refractivity contribution in [2.24, 2.45) is 0 Å². The van der Waals surface area contributed by atoms with Crippen LogP contribution in [0.25, 0.3) is 0 Å². The number of hydrogen-bond donors (Lipinski definition) is 0. The van der Waals surface area contributed by atoms with Crippen LogP contribution in [-0.4, -0.2) is 12.9 Å². The van der Waals surface area contributed by atoms with Crippen LogP contribution in [0.2, 0.25) is 5.02 Å². The first-order valence-electron chi connectivity index (χ1n) is 6.48. The van der Waals surface area contributed by atoms with Gasteiger partial charge in [-0.2, -0.15) is 0 Å². The number of aldehydes is 1. The molecule has 0 fully saturated rings. The van der Waals surface area contributed by atoms with Gasteiger partial charge in [0, 0.05) is 28.6 Å². The van der Waals surface area contributed by atoms with E-state index in [2.05, 4.69) is 0 Å². The van der Waals surface area contributed by atoms with Gasteiger partial charge in [0.25, 0.3) is 0 Å². The number of fused-ring (bicyclic) bond motifs is 1. The summed E-state index contributed by atoms with van der Waals surface area (Å²) in [6.07, 6.45) is 1.40. The Balaban J connectivity index is 1.82. The van der Waals surface area contributed by atoms with Crippen molar-refractivity contribution in [3.05, 3.63) is 57.9 Å². The van der Waals surface area contributed by atoms with Crippen molar-refractivity contribution in [1.29, 1.82) is 0 Å². The lowest BCUT2D eigenvalue weighted by Gasteiger charge is -2.11. The van der Waals surface area contributed by atoms with Crippen LogP contribution in [0.4, 0.5) is 4.39 Å². The first kappa shape index (κ1) is 13.9. The molecule has 108 valence electrons. The predicted octanol–water partition coefficient (Wildman–Crippen LogP) is 3.81. The third-order valence-electron chi connectivity index (χ3n) is 3.25. The molecule has 1 heterocycles. The lowest BCUT2D eigenvalue weighted by Crippen LogP contribution is -1.99. The average Bonchev–Trinajstić information content (AvgIpc) is 2.92. The number of carbonyl (C=O) groups excluding carboxylic acids is 1. The Labute approximate surface area is 126 Å². The molecular formula is C16H12ClFO3. The monoisotopic (exact) mass is 306 g/mol. The predicted molar refractivity (Wildman–Crippen MR) is 76.8 cm³/mol. The SMILES string of the molecule is O=Cc1cc(F)cc(OCc2cc(Cl)cc3c2OCC3)c1. The van der Waals surface area contributed by atoms with E-state index in [0.717, 1.165) is 29.4 Å². The fourth-order valence-electron chi connectivity index (χ4n) is 2.35. The zero-order valence-electron chi connectivity index (χ0n) is 11.1. The minimum atomic E-state index is -0.512. The second-order valence-electron chi connectivity index (χ2n) is 4.78. The maximum absolute atomic E-state index is 13.3. The van der Waals surface area contributed by atoms with Crippen LogP contribution in [0.5, 0.6) is 11.5 Å². The quantitative estimate of drug-likeness (QED) is 0.806. The van der Waals surface area contributed by atoms with Crippen LogP contribution in [0.3, 0.4) is 0 Å². The zero-order valence-corrected chi connectivity index (χ0v) is 11.8. The fraction of sp³-hybridized carbons (Fsp3) is 0.188. The number of rotatable bonds is 4. The standard InChI is InChI=1S/C16H12ClFO3/c17-13-5-11-1-2-20-16(11)12(6-13)9-21-15-4-10(8-19)3-14(18)7-15/h3-8H,1-2,9H2. The van der Waals surface area contributed by atoms with E-state index >= 15 is 0 Å². The molecular weight excluding hydrogens is 295 g/mol. The molecule has 3 rings (SSSR count). The van der Waals surface area contributed by atoms with E-state index in [0.29, 0.717) is 23.7 Å². The molecule has 0 aliphatic carbocycles. The minimum Gasteiger partial charge on any atom is -0.493 e. The number of carbonyl (C=O) groups is 1. The van der Waals surface area contributed by atoms with Crippen LogP contribution in [0, 0.1) is 5.82 Å². The van der Waals surface area contributed by atoms with Crippen molar-refractivity contribution >= 4 is 17.9 Å². The Bertz CT molecular complexity index is 700. The van der Waals surface area contributed by atoms with Gasteiger partial charge in [-0.05, 0) is 29.8 Å². The second kappa shape index (κ2) is 5.74. The van der Waals surface area contributed by atoms with Gasteiger partial charge in [0.15, 0.2) is 0 Å². The highest BCUT2D eigenvalue weighted by Gasteiger charge is 2.18. The summed E-state index contributed by atoms with van der Waals surface area (Å²) in [5.74, 6) is 0.567. The van der Waals surface area contributed by atoms with E-state index in [4.69, 9.17) is 21.1 Å². The zero-order chi connectivity index (χ0) is 14.8. The molecule has 3 nitrogen and oxygen atoms in total. The minimum absolute atomic E-state index is 0.199. The van der Waals surface area contributed by atoms with E-state index in [9.17, 15) is 9.18 Å². The van der Waals surface area contributed by atoms with Gasteiger partial charge >= 0.3 is 0 Å². The molecule has 0 radical (unpaired) electrons. The largest absolute Gasteiger partial charge is 0.493 e. The first-order valence-corrected chi connectivity index (χ1v) is 6.86. The van der Waals surface area contributed by atoms with Gasteiger partial charge in [-0.3, -0.25) is 4.79 Å². The lowest BCUT2D eigenvalue weighted by atomic mass is 10.1. The van der Waals surface area contributed by atoms with E-state index in [-0.39, 0.29) is 12.2 Å². The molecule has 2 aromatic carbocycles. The van der Waals surface area contributed by atoms with Gasteiger partial charge in [0.05, 0.1) is 6.61 Å². The molecule has 1 aliphatic heterocycles. The summed E-state index contributed by atoms with van der Waals surface area (Å²) in [6, 6.07) is 7.52. The van der Waals surface area contributed by atoms with Crippen LogP contribution < -0.4 is 9.47 Å². The third-order valence-corrected chi connectivity index (χ3v) is 3.47. The van der Waals surface area contributed by atoms with Crippen LogP contribution >= 0.6 is 11.6 Å². The van der Waals surface area contributed by atoms with E-state index in [1.807, 2.05) is 6.07 Å². The molecule has 21 heavy (non-hydrogen) atoms. The number of halogens is 2. The van der Waals surface area contributed by atoms with Gasteiger partial charge in [-0.1, -0.05) is 11.6 Å². The van der Waals surface area contributed by atoms with Gasteiger partial charge in [0.2, 0.25) is 0 Å². The topological polar surface area (TPSA) is 35.5 Å². The van der Waals surface area contributed by atoms with Crippen molar-refractivity contribution in [2.75, 3.05) is 6.61 Å². The third kappa shape index (κ3) is 3.00. The van der Waals surface area contributed by atoms with Crippen molar-refractivity contribution in [1.82, 2.24) is 0 Å². The maximum Gasteiger partial charge on any atom is 0.150 e. The Morgan fingerprint density at radius 3 is 2.95 bits per heavy atom. The first-order chi connectivity index (χ1) is 10.2. The highest BCUT2D eigenvalue weighted by Crippen LogP contribution is 2.33. The molecule has 5 heteroatoms. The molecule has 1 aliphatic rings. The molecule has 0 unspecified atom stereocenters. The maximum atomic E-state index is 13.3. The summed E-state index contributed by atoms with van der Waals surface area (Å²) in [4.78, 5) is 10.7. The van der Waals surface area contributed by atoms with E-state index < -0.39 is 5.82 Å². The summed E-state index contributed by atoms with van der Waals surface area (Å²) in [6.45, 7) is 0.822. The van der Waals surface area contributed by atoms with Gasteiger partial charge in [0.1, 0.15) is 30.2 Å². The second-order valence-corrected chi connectivity index (χ2v) is 5.21. The number of benzene rings is 2. The average molecular weight is 307 g/mol. The molecule has 0 aromatic heterocycles. The summed E-state index contributed by atoms with van der Waals surface area (Å²) in [5.41, 5.74) is 2.10. The van der Waals surface area contributed by atoms with Crippen molar-refractivity contribution in [2.45, 2.75) is 13.0 Å². The summed E-state index contributed by atoms with van der Waals surface area (Å²) in [5, 5.41) is 0.616. The van der Waals surface area contributed by atoms with Gasteiger partial charge in [-0.15, -0.1) is 0 Å². The summed E-state index contributed by atoms with van der Waals surface area (Å²) in [7, 11) is 0. The van der Waals surface area contributed by atoms with Gasteiger partial charge in [-0.25, -0.2) is 4.39 Å². The normalized spacial score (nSPS) is 12.7. The highest BCUT2D eigenvalue weighted by atomic mass is 35.5. The summed E-state index contributed by atoms with van der Waals surface area (Å²) < 4.78 is 24.5. The Kier molecular flexibility index (Phi) is 3.80. The van der Waals surface area contributed by atoms with Crippen molar-refractivity contribution in [3.8, 4) is 11.5 Å². The van der Waals surface area contributed by atoms with Crippen molar-refractivity contribution in [3.63, 3.8) is 0 Å². The molecule has 2 aromatic rings. The van der Waals surface area contributed by atoms with Crippen molar-refractivity contribution < 1.29 is 18.7 Å². The molecule has 0 N–H and O–H groups in total. The smallest absolute Gasteiger partial charge is 0.150 e. The fourth-order valence-corrected chi connectivity index (χ4v) is 2.61. The summed E-state index contributed by atoms with van der Waals surface area (Å²) >= 11 is 6.07. The Morgan fingerprint density at radius 1 is 1.29 bits per heavy atom. The van der Waals surface area contributed by atoms with Crippen LogP contribution in [0.15, 0.2) is 30.3 Å². The van der Waals surface area contributed by atoms with Gasteiger partial charge < -0.3 is 9.47 Å². The Hall–Kier alpha value is -2.07. The molecule has 0 amide bonds. The van der Waals surface area contributed by atoms with Crippen LogP contribution in [0.1, 0.15) is 21.5 Å². The molecule has 0 atom stereocenters. The highest BCUT2D eigenvalue weighted by molar-refractivity contribution is 6.30. The molecule has 0 bridgehead atoms. The van der Waals surface area contributed by atoms with E-state index in [1.54, 1.807) is 6.07 Å². The van der Waals surface area contributed by atoms with Crippen LogP contribution in [-0.2, 0) is 13.0 Å². The molecule has 0 spiro atoms. The molecule has 0 saturated carbocycles. The number of ether oxygens (including phenoxy) is 2. The lowest BCUT2D eigenvalue weighted by molar-refractivity contribution is 0.112.